The molecular weight excluding hydrogens is 470 g/mol. The number of nitrogens with zero attached hydrogens (tertiary/aromatic N) is 2. The molecule has 3 aliphatic heterocycles. The molecule has 2 aromatic carbocycles. The molecule has 1 N–H and O–H groups in total. The first-order chi connectivity index (χ1) is 14.5. The summed E-state index contributed by atoms with van der Waals surface area (Å²) in [6, 6.07) is 15.6. The first-order valence-corrected chi connectivity index (χ1v) is 11.1. The zero-order chi connectivity index (χ0) is 20.9. The third-order valence-electron chi connectivity index (χ3n) is 5.50. The number of carbonyl (C=O) groups excluding carboxylic acids is 2. The van der Waals surface area contributed by atoms with Crippen LogP contribution in [-0.2, 0) is 9.53 Å². The van der Waals surface area contributed by atoms with E-state index in [-0.39, 0.29) is 17.7 Å². The third kappa shape index (κ3) is 3.07. The molecule has 0 radical (unpaired) electrons. The van der Waals surface area contributed by atoms with E-state index < -0.39 is 17.1 Å². The second-order valence-electron chi connectivity index (χ2n) is 7.26. The zero-order valence-corrected chi connectivity index (χ0v) is 18.4. The summed E-state index contributed by atoms with van der Waals surface area (Å²) in [7, 11) is 1.34. The Bertz CT molecular complexity index is 1060. The van der Waals surface area contributed by atoms with Crippen molar-refractivity contribution in [1.82, 2.24) is 10.3 Å². The van der Waals surface area contributed by atoms with Gasteiger partial charge in [0.2, 0.25) is 0 Å². The van der Waals surface area contributed by atoms with Crippen molar-refractivity contribution in [2.75, 3.05) is 7.11 Å². The topological polar surface area (TPSA) is 80.2 Å². The Kier molecular flexibility index (Phi) is 4.74. The molecule has 7 nitrogen and oxygen atoms in total. The van der Waals surface area contributed by atoms with Crippen LogP contribution in [0, 0.1) is 0 Å². The summed E-state index contributed by atoms with van der Waals surface area (Å²) >= 11 is 4.58. The summed E-state index contributed by atoms with van der Waals surface area (Å²) in [4.78, 5) is 24.5. The normalized spacial score (nSPS) is 26.5. The number of fused-ring (bicyclic) bond motifs is 4. The third-order valence-corrected chi connectivity index (χ3v) is 7.08. The molecule has 1 spiro atoms. The van der Waals surface area contributed by atoms with E-state index >= 15 is 0 Å². The number of nitrogens with one attached hydrogen (secondary N) is 1. The molecule has 3 heterocycles. The average Bonchev–Trinajstić information content (AvgIpc) is 3.32. The summed E-state index contributed by atoms with van der Waals surface area (Å²) in [5.41, 5.74) is 2.90. The Morgan fingerprint density at radius 3 is 2.93 bits per heavy atom. The quantitative estimate of drug-likeness (QED) is 0.658. The average molecular weight is 488 g/mol. The van der Waals surface area contributed by atoms with E-state index in [9.17, 15) is 9.59 Å². The van der Waals surface area contributed by atoms with E-state index in [1.54, 1.807) is 0 Å². The van der Waals surface area contributed by atoms with Gasteiger partial charge in [-0.25, -0.2) is 5.01 Å². The molecule has 30 heavy (non-hydrogen) atoms. The summed E-state index contributed by atoms with van der Waals surface area (Å²) in [6.07, 6.45) is 0.676. The number of esters is 1. The van der Waals surface area contributed by atoms with Gasteiger partial charge in [-0.2, -0.15) is 5.10 Å². The monoisotopic (exact) mass is 487 g/mol. The number of ether oxygens (including phenoxy) is 2. The Balaban J connectivity index is 1.63. The predicted molar refractivity (Wildman–Crippen MR) is 116 cm³/mol. The van der Waals surface area contributed by atoms with Gasteiger partial charge in [0.25, 0.3) is 11.1 Å². The lowest BCUT2D eigenvalue weighted by atomic mass is 9.95. The van der Waals surface area contributed by atoms with Crippen molar-refractivity contribution in [2.24, 2.45) is 5.10 Å². The van der Waals surface area contributed by atoms with Gasteiger partial charge in [-0.05, 0) is 23.8 Å². The summed E-state index contributed by atoms with van der Waals surface area (Å²) < 4.78 is 12.2. The fraction of sp³-hybridized carbons (Fsp3) is 0.286. The molecule has 3 atom stereocenters. The van der Waals surface area contributed by atoms with Gasteiger partial charge >= 0.3 is 5.97 Å². The fourth-order valence-electron chi connectivity index (χ4n) is 4.13. The lowest BCUT2D eigenvalue weighted by Gasteiger charge is -2.47. The molecule has 1 amide bonds. The SMILES string of the molecule is COC(=O)CC1SC(=O)NC12Oc1ccc(Br)cc1C1CC(c3ccccc3)=NN12. The van der Waals surface area contributed by atoms with Crippen LogP contribution in [0.3, 0.4) is 0 Å². The van der Waals surface area contributed by atoms with Crippen LogP contribution in [0.4, 0.5) is 4.79 Å². The van der Waals surface area contributed by atoms with Crippen molar-refractivity contribution < 1.29 is 19.1 Å². The molecule has 0 aromatic heterocycles. The number of hydrazone groups is 1. The lowest BCUT2D eigenvalue weighted by molar-refractivity contribution is -0.150. The predicted octanol–water partition coefficient (Wildman–Crippen LogP) is 4.03. The van der Waals surface area contributed by atoms with Gasteiger partial charge in [0, 0.05) is 16.5 Å². The van der Waals surface area contributed by atoms with E-state index in [2.05, 4.69) is 21.2 Å². The molecule has 1 saturated heterocycles. The van der Waals surface area contributed by atoms with Crippen molar-refractivity contribution in [1.29, 1.82) is 0 Å². The molecule has 3 unspecified atom stereocenters. The minimum absolute atomic E-state index is 0.0190. The number of amides is 1. The van der Waals surface area contributed by atoms with Crippen molar-refractivity contribution in [3.8, 4) is 5.75 Å². The van der Waals surface area contributed by atoms with E-state index in [1.165, 1.54) is 7.11 Å². The van der Waals surface area contributed by atoms with Gasteiger partial charge in [-0.3, -0.25) is 14.9 Å². The van der Waals surface area contributed by atoms with E-state index in [0.29, 0.717) is 12.2 Å². The number of hydrogen-bond acceptors (Lipinski definition) is 7. The zero-order valence-electron chi connectivity index (χ0n) is 16.0. The van der Waals surface area contributed by atoms with Crippen molar-refractivity contribution in [3.63, 3.8) is 0 Å². The van der Waals surface area contributed by atoms with Crippen LogP contribution in [-0.4, -0.2) is 40.1 Å². The van der Waals surface area contributed by atoms with Gasteiger partial charge in [0.15, 0.2) is 0 Å². The number of hydrogen-bond donors (Lipinski definition) is 1. The van der Waals surface area contributed by atoms with Crippen LogP contribution in [0.2, 0.25) is 0 Å². The minimum atomic E-state index is -1.27. The Morgan fingerprint density at radius 2 is 2.17 bits per heavy atom. The molecule has 0 bridgehead atoms. The highest BCUT2D eigenvalue weighted by Gasteiger charge is 2.61. The number of rotatable bonds is 3. The highest BCUT2D eigenvalue weighted by atomic mass is 79.9. The Hall–Kier alpha value is -2.52. The van der Waals surface area contributed by atoms with Gasteiger partial charge in [-0.1, -0.05) is 58.0 Å². The second-order valence-corrected chi connectivity index (χ2v) is 9.35. The number of thioether (sulfide) groups is 1. The second kappa shape index (κ2) is 7.31. The highest BCUT2D eigenvalue weighted by Crippen LogP contribution is 2.52. The number of halogens is 1. The summed E-state index contributed by atoms with van der Waals surface area (Å²) in [6.45, 7) is 0. The van der Waals surface area contributed by atoms with Crippen molar-refractivity contribution in [2.45, 2.75) is 30.0 Å². The minimum Gasteiger partial charge on any atom is -0.469 e. The number of methoxy groups -OCH3 is 1. The molecule has 0 aliphatic carbocycles. The summed E-state index contributed by atoms with van der Waals surface area (Å²) in [5.74, 6) is -1.00. The maximum Gasteiger partial charge on any atom is 0.306 e. The van der Waals surface area contributed by atoms with Crippen molar-refractivity contribution in [3.05, 3.63) is 64.1 Å². The smallest absolute Gasteiger partial charge is 0.306 e. The number of benzene rings is 2. The van der Waals surface area contributed by atoms with Crippen LogP contribution in [0.15, 0.2) is 58.1 Å². The van der Waals surface area contributed by atoms with Crippen molar-refractivity contribution >= 4 is 44.6 Å². The molecule has 154 valence electrons. The Morgan fingerprint density at radius 1 is 1.37 bits per heavy atom. The molecule has 3 aliphatic rings. The van der Waals surface area contributed by atoms with Gasteiger partial charge in [-0.15, -0.1) is 0 Å². The highest BCUT2D eigenvalue weighted by molar-refractivity contribution is 9.10. The van der Waals surface area contributed by atoms with Gasteiger partial charge < -0.3 is 9.47 Å². The summed E-state index contributed by atoms with van der Waals surface area (Å²) in [5, 5.41) is 8.88. The lowest BCUT2D eigenvalue weighted by Crippen LogP contribution is -2.65. The van der Waals surface area contributed by atoms with Crippen LogP contribution >= 0.6 is 27.7 Å². The first-order valence-electron chi connectivity index (χ1n) is 9.46. The molecule has 0 saturated carbocycles. The molecular formula is C21H18BrN3O4S. The largest absolute Gasteiger partial charge is 0.469 e. The van der Waals surface area contributed by atoms with Gasteiger partial charge in [0.1, 0.15) is 11.0 Å². The standard InChI is InChI=1S/C21H18BrN3O4S/c1-28-19(26)11-18-21(23-20(27)30-18)25-16(14-9-13(22)7-8-17(14)29-21)10-15(24-25)12-5-3-2-4-6-12/h2-9,16,18H,10-11H2,1H3,(H,23,27). The molecule has 1 fully saturated rings. The molecule has 5 rings (SSSR count). The Labute approximate surface area is 185 Å². The van der Waals surface area contributed by atoms with Gasteiger partial charge in [0.05, 0.1) is 25.3 Å². The van der Waals surface area contributed by atoms with Crippen LogP contribution in [0.5, 0.6) is 5.75 Å². The first kappa shape index (κ1) is 19.4. The van der Waals surface area contributed by atoms with E-state index in [0.717, 1.165) is 33.1 Å². The van der Waals surface area contributed by atoms with Crippen LogP contribution in [0.25, 0.3) is 0 Å². The maximum atomic E-state index is 12.4. The molecule has 9 heteroatoms. The van der Waals surface area contributed by atoms with E-state index in [1.807, 2.05) is 53.5 Å². The van der Waals surface area contributed by atoms with E-state index in [4.69, 9.17) is 14.6 Å². The maximum absolute atomic E-state index is 12.4. The van der Waals surface area contributed by atoms with Crippen LogP contribution in [0.1, 0.15) is 30.0 Å². The number of carbonyl (C=O) groups is 2. The fourth-order valence-corrected chi connectivity index (χ4v) is 5.56. The molecule has 2 aromatic rings. The van der Waals surface area contributed by atoms with Crippen LogP contribution < -0.4 is 10.1 Å².